The van der Waals surface area contributed by atoms with Crippen LogP contribution in [0.3, 0.4) is 0 Å². The van der Waals surface area contributed by atoms with Crippen LogP contribution in [-0.2, 0) is 4.79 Å². The highest BCUT2D eigenvalue weighted by Gasteiger charge is 2.15. The number of aromatic nitrogens is 1. The van der Waals surface area contributed by atoms with Crippen LogP contribution in [-0.4, -0.2) is 38.8 Å². The third-order valence-corrected chi connectivity index (χ3v) is 3.86. The molecule has 0 saturated carbocycles. The number of carbonyl (C=O) groups is 1. The molecule has 136 valence electrons. The zero-order chi connectivity index (χ0) is 18.5. The monoisotopic (exact) mass is 356 g/mol. The van der Waals surface area contributed by atoms with Gasteiger partial charge in [0, 0.05) is 34.9 Å². The summed E-state index contributed by atoms with van der Waals surface area (Å²) in [4.78, 5) is 15.4. The minimum Gasteiger partial charge on any atom is -0.493 e. The minimum atomic E-state index is -0.299. The molecule has 2 aromatic carbocycles. The molecule has 0 aliphatic carbocycles. The summed E-state index contributed by atoms with van der Waals surface area (Å²) in [6, 6.07) is 10.9. The molecule has 7 nitrogen and oxygen atoms in total. The van der Waals surface area contributed by atoms with Gasteiger partial charge in [0.05, 0.1) is 21.3 Å². The van der Waals surface area contributed by atoms with Gasteiger partial charge in [-0.3, -0.25) is 4.79 Å². The van der Waals surface area contributed by atoms with E-state index in [1.54, 1.807) is 12.1 Å². The van der Waals surface area contributed by atoms with Crippen molar-refractivity contribution < 1.29 is 23.7 Å². The van der Waals surface area contributed by atoms with Crippen LogP contribution in [0.4, 0.5) is 5.69 Å². The molecule has 2 N–H and O–H groups in total. The molecule has 0 bridgehead atoms. The topological polar surface area (TPSA) is 81.8 Å². The van der Waals surface area contributed by atoms with Crippen molar-refractivity contribution in [1.29, 1.82) is 0 Å². The number of hydrogen-bond acceptors (Lipinski definition) is 5. The van der Waals surface area contributed by atoms with Crippen molar-refractivity contribution in [3.63, 3.8) is 0 Å². The van der Waals surface area contributed by atoms with E-state index >= 15 is 0 Å². The van der Waals surface area contributed by atoms with E-state index in [9.17, 15) is 4.79 Å². The molecular formula is C19H20N2O5. The Morgan fingerprint density at radius 1 is 1.00 bits per heavy atom. The number of fused-ring (bicyclic) bond motifs is 1. The number of anilines is 1. The minimum absolute atomic E-state index is 0.124. The Bertz CT molecular complexity index is 894. The fourth-order valence-corrected chi connectivity index (χ4v) is 2.68. The van der Waals surface area contributed by atoms with E-state index < -0.39 is 0 Å². The molecule has 1 aromatic heterocycles. The lowest BCUT2D eigenvalue weighted by Crippen LogP contribution is -2.20. The number of rotatable bonds is 7. The van der Waals surface area contributed by atoms with Gasteiger partial charge in [-0.15, -0.1) is 0 Å². The van der Waals surface area contributed by atoms with Gasteiger partial charge in [-0.05, 0) is 18.2 Å². The van der Waals surface area contributed by atoms with E-state index in [1.807, 2.05) is 30.5 Å². The van der Waals surface area contributed by atoms with Gasteiger partial charge in [0.2, 0.25) is 5.75 Å². The fourth-order valence-electron chi connectivity index (χ4n) is 2.68. The Balaban J connectivity index is 1.71. The molecule has 0 saturated heterocycles. The predicted octanol–water partition coefficient (Wildman–Crippen LogP) is 3.21. The number of ether oxygens (including phenoxy) is 4. The Kier molecular flexibility index (Phi) is 5.17. The number of benzene rings is 2. The Labute approximate surface area is 150 Å². The van der Waals surface area contributed by atoms with Crippen molar-refractivity contribution in [2.24, 2.45) is 0 Å². The highest BCUT2D eigenvalue weighted by atomic mass is 16.5. The van der Waals surface area contributed by atoms with Gasteiger partial charge in [-0.25, -0.2) is 0 Å². The largest absolute Gasteiger partial charge is 0.493 e. The SMILES string of the molecule is COc1cc(NC(=O)COc2cccc3[nH]ccc23)cc(OC)c1OC. The molecule has 1 heterocycles. The van der Waals surface area contributed by atoms with Gasteiger partial charge >= 0.3 is 0 Å². The summed E-state index contributed by atoms with van der Waals surface area (Å²) in [5.74, 6) is 1.72. The zero-order valence-corrected chi connectivity index (χ0v) is 14.8. The number of hydrogen-bond donors (Lipinski definition) is 2. The average molecular weight is 356 g/mol. The molecule has 0 radical (unpaired) electrons. The van der Waals surface area contributed by atoms with Crippen LogP contribution in [0.25, 0.3) is 10.9 Å². The summed E-state index contributed by atoms with van der Waals surface area (Å²) < 4.78 is 21.5. The number of methoxy groups -OCH3 is 3. The maximum atomic E-state index is 12.3. The molecule has 7 heteroatoms. The summed E-state index contributed by atoms with van der Waals surface area (Å²) in [6.45, 7) is -0.124. The highest BCUT2D eigenvalue weighted by Crippen LogP contribution is 2.39. The first-order chi connectivity index (χ1) is 12.7. The predicted molar refractivity (Wildman–Crippen MR) is 98.5 cm³/mol. The van der Waals surface area contributed by atoms with Gasteiger partial charge in [0.1, 0.15) is 5.75 Å². The van der Waals surface area contributed by atoms with Crippen molar-refractivity contribution in [3.8, 4) is 23.0 Å². The van der Waals surface area contributed by atoms with Gasteiger partial charge in [0.25, 0.3) is 5.91 Å². The molecule has 3 aromatic rings. The van der Waals surface area contributed by atoms with E-state index in [4.69, 9.17) is 18.9 Å². The highest BCUT2D eigenvalue weighted by molar-refractivity contribution is 5.93. The summed E-state index contributed by atoms with van der Waals surface area (Å²) in [5.41, 5.74) is 1.47. The molecule has 0 aliphatic heterocycles. The van der Waals surface area contributed by atoms with E-state index in [0.29, 0.717) is 28.7 Å². The quantitative estimate of drug-likeness (QED) is 0.679. The Morgan fingerprint density at radius 2 is 1.73 bits per heavy atom. The van der Waals surface area contributed by atoms with Gasteiger partial charge < -0.3 is 29.2 Å². The van der Waals surface area contributed by atoms with Crippen LogP contribution in [0.15, 0.2) is 42.6 Å². The summed E-state index contributed by atoms with van der Waals surface area (Å²) >= 11 is 0. The second kappa shape index (κ2) is 7.69. The first-order valence-electron chi connectivity index (χ1n) is 7.95. The molecular weight excluding hydrogens is 336 g/mol. The lowest BCUT2D eigenvalue weighted by Gasteiger charge is -2.15. The van der Waals surface area contributed by atoms with Gasteiger partial charge in [-0.2, -0.15) is 0 Å². The molecule has 0 unspecified atom stereocenters. The van der Waals surface area contributed by atoms with Crippen LogP contribution in [0, 0.1) is 0 Å². The molecule has 0 fully saturated rings. The van der Waals surface area contributed by atoms with Crippen molar-refractivity contribution >= 4 is 22.5 Å². The number of H-pyrrole nitrogens is 1. The van der Waals surface area contributed by atoms with Gasteiger partial charge in [0.15, 0.2) is 18.1 Å². The van der Waals surface area contributed by atoms with Crippen LogP contribution in [0.5, 0.6) is 23.0 Å². The molecule has 26 heavy (non-hydrogen) atoms. The van der Waals surface area contributed by atoms with Crippen molar-refractivity contribution in [3.05, 3.63) is 42.6 Å². The average Bonchev–Trinajstić information content (AvgIpc) is 3.14. The number of carbonyl (C=O) groups excluding carboxylic acids is 1. The second-order valence-electron chi connectivity index (χ2n) is 5.45. The molecule has 0 spiro atoms. The van der Waals surface area contributed by atoms with E-state index in [1.165, 1.54) is 21.3 Å². The first-order valence-corrected chi connectivity index (χ1v) is 7.95. The van der Waals surface area contributed by atoms with E-state index in [-0.39, 0.29) is 12.5 Å². The van der Waals surface area contributed by atoms with Gasteiger partial charge in [-0.1, -0.05) is 6.07 Å². The summed E-state index contributed by atoms with van der Waals surface area (Å²) in [5, 5.41) is 3.69. The van der Waals surface area contributed by atoms with E-state index in [2.05, 4.69) is 10.3 Å². The number of nitrogens with one attached hydrogen (secondary N) is 2. The molecule has 0 atom stereocenters. The summed E-state index contributed by atoms with van der Waals surface area (Å²) in [7, 11) is 4.56. The molecule has 0 aliphatic rings. The third-order valence-electron chi connectivity index (χ3n) is 3.86. The number of amides is 1. The third kappa shape index (κ3) is 3.51. The van der Waals surface area contributed by atoms with Crippen LogP contribution in [0.1, 0.15) is 0 Å². The van der Waals surface area contributed by atoms with Crippen LogP contribution in [0.2, 0.25) is 0 Å². The van der Waals surface area contributed by atoms with Crippen molar-refractivity contribution in [2.75, 3.05) is 33.3 Å². The number of aromatic amines is 1. The van der Waals surface area contributed by atoms with Crippen molar-refractivity contribution in [1.82, 2.24) is 4.98 Å². The Morgan fingerprint density at radius 3 is 2.38 bits per heavy atom. The standard InChI is InChI=1S/C19H20N2O5/c1-23-16-9-12(10-17(24-2)19(16)25-3)21-18(22)11-26-15-6-4-5-14-13(15)7-8-20-14/h4-10,20H,11H2,1-3H3,(H,21,22). The van der Waals surface area contributed by atoms with Crippen LogP contribution >= 0.6 is 0 Å². The second-order valence-corrected chi connectivity index (χ2v) is 5.45. The van der Waals surface area contributed by atoms with Crippen LogP contribution < -0.4 is 24.3 Å². The smallest absolute Gasteiger partial charge is 0.262 e. The first kappa shape index (κ1) is 17.5. The lowest BCUT2D eigenvalue weighted by molar-refractivity contribution is -0.118. The maximum Gasteiger partial charge on any atom is 0.262 e. The molecule has 1 amide bonds. The lowest BCUT2D eigenvalue weighted by atomic mass is 10.2. The van der Waals surface area contributed by atoms with Crippen molar-refractivity contribution in [2.45, 2.75) is 0 Å². The zero-order valence-electron chi connectivity index (χ0n) is 14.8. The normalized spacial score (nSPS) is 10.4. The van der Waals surface area contributed by atoms with E-state index in [0.717, 1.165) is 10.9 Å². The maximum absolute atomic E-state index is 12.3. The summed E-state index contributed by atoms with van der Waals surface area (Å²) in [6.07, 6.45) is 1.83. The molecule has 3 rings (SSSR count). The Hall–Kier alpha value is -3.35. The fraction of sp³-hybridized carbons (Fsp3) is 0.211.